The topological polar surface area (TPSA) is 77.8 Å². The van der Waals surface area contributed by atoms with E-state index in [1.165, 1.54) is 4.90 Å². The molecule has 1 aliphatic rings. The molecule has 0 saturated carbocycles. The summed E-state index contributed by atoms with van der Waals surface area (Å²) >= 11 is 0. The SMILES string of the molecule is CC[C@H](C(=O)O)c1ccc(N2C(=O)c3ccccc3C2O)cc1. The molecule has 1 unspecified atom stereocenters. The number of carboxylic acids is 1. The second-order valence-corrected chi connectivity index (χ2v) is 5.53. The van der Waals surface area contributed by atoms with Crippen molar-refractivity contribution in [2.75, 3.05) is 4.90 Å². The van der Waals surface area contributed by atoms with Gasteiger partial charge >= 0.3 is 5.97 Å². The van der Waals surface area contributed by atoms with Gasteiger partial charge in [0.15, 0.2) is 6.23 Å². The molecule has 2 aromatic rings. The van der Waals surface area contributed by atoms with Crippen molar-refractivity contribution in [1.82, 2.24) is 0 Å². The van der Waals surface area contributed by atoms with E-state index in [0.717, 1.165) is 0 Å². The number of benzene rings is 2. The molecule has 0 fully saturated rings. The lowest BCUT2D eigenvalue weighted by molar-refractivity contribution is -0.138. The van der Waals surface area contributed by atoms with Crippen LogP contribution in [0.2, 0.25) is 0 Å². The predicted molar refractivity (Wildman–Crippen MR) is 85.3 cm³/mol. The Balaban J connectivity index is 1.92. The van der Waals surface area contributed by atoms with Crippen molar-refractivity contribution in [1.29, 1.82) is 0 Å². The first kappa shape index (κ1) is 15.2. The summed E-state index contributed by atoms with van der Waals surface area (Å²) in [5, 5.41) is 19.6. The largest absolute Gasteiger partial charge is 0.481 e. The summed E-state index contributed by atoms with van der Waals surface area (Å²) in [6.45, 7) is 1.82. The van der Waals surface area contributed by atoms with Crippen LogP contribution >= 0.6 is 0 Å². The van der Waals surface area contributed by atoms with Crippen LogP contribution in [0.15, 0.2) is 48.5 Å². The fourth-order valence-corrected chi connectivity index (χ4v) is 2.98. The molecule has 5 nitrogen and oxygen atoms in total. The molecule has 1 aliphatic heterocycles. The summed E-state index contributed by atoms with van der Waals surface area (Å²) in [4.78, 5) is 25.0. The van der Waals surface area contributed by atoms with Crippen molar-refractivity contribution in [2.45, 2.75) is 25.5 Å². The van der Waals surface area contributed by atoms with E-state index in [9.17, 15) is 19.8 Å². The second kappa shape index (κ2) is 5.85. The molecule has 1 heterocycles. The Morgan fingerprint density at radius 2 is 1.83 bits per heavy atom. The summed E-state index contributed by atoms with van der Waals surface area (Å²) < 4.78 is 0. The number of anilines is 1. The van der Waals surface area contributed by atoms with Gasteiger partial charge in [0.25, 0.3) is 5.91 Å². The Morgan fingerprint density at radius 3 is 2.39 bits per heavy atom. The quantitative estimate of drug-likeness (QED) is 0.910. The van der Waals surface area contributed by atoms with Crippen LogP contribution in [0.4, 0.5) is 5.69 Å². The third-order valence-electron chi connectivity index (χ3n) is 4.21. The summed E-state index contributed by atoms with van der Waals surface area (Å²) in [6.07, 6.45) is -0.531. The van der Waals surface area contributed by atoms with E-state index in [0.29, 0.717) is 28.8 Å². The molecule has 5 heteroatoms. The first-order chi connectivity index (χ1) is 11.0. The standard InChI is InChI=1S/C18H17NO4/c1-2-13(18(22)23)11-7-9-12(10-8-11)19-16(20)14-5-3-4-6-15(14)17(19)21/h3-10,13,16,20H,2H2,1H3,(H,22,23)/t13-,16?/m0/s1. The van der Waals surface area contributed by atoms with Crippen LogP contribution in [0.5, 0.6) is 0 Å². The predicted octanol–water partition coefficient (Wildman–Crippen LogP) is 2.92. The summed E-state index contributed by atoms with van der Waals surface area (Å²) in [7, 11) is 0. The lowest BCUT2D eigenvalue weighted by Crippen LogP contribution is -2.27. The molecule has 2 atom stereocenters. The highest BCUT2D eigenvalue weighted by molar-refractivity contribution is 6.10. The normalized spacial score (nSPS) is 17.9. The van der Waals surface area contributed by atoms with E-state index < -0.39 is 18.1 Å². The van der Waals surface area contributed by atoms with Crippen molar-refractivity contribution >= 4 is 17.6 Å². The molecular formula is C18H17NO4. The number of hydrogen-bond donors (Lipinski definition) is 2. The molecule has 23 heavy (non-hydrogen) atoms. The number of amides is 1. The minimum Gasteiger partial charge on any atom is -0.481 e. The van der Waals surface area contributed by atoms with Gasteiger partial charge in [-0.25, -0.2) is 0 Å². The van der Waals surface area contributed by atoms with Crippen LogP contribution in [0.1, 0.15) is 47.0 Å². The number of rotatable bonds is 4. The lowest BCUT2D eigenvalue weighted by atomic mass is 9.96. The first-order valence-corrected chi connectivity index (χ1v) is 7.48. The molecule has 0 spiro atoms. The maximum Gasteiger partial charge on any atom is 0.310 e. The Labute approximate surface area is 133 Å². The molecule has 0 aliphatic carbocycles. The highest BCUT2D eigenvalue weighted by Crippen LogP contribution is 2.36. The number of fused-ring (bicyclic) bond motifs is 1. The van der Waals surface area contributed by atoms with Gasteiger partial charge in [-0.2, -0.15) is 0 Å². The zero-order valence-electron chi connectivity index (χ0n) is 12.6. The number of carbonyl (C=O) groups excluding carboxylic acids is 1. The third-order valence-corrected chi connectivity index (χ3v) is 4.21. The van der Waals surface area contributed by atoms with Crippen molar-refractivity contribution in [3.63, 3.8) is 0 Å². The van der Waals surface area contributed by atoms with Gasteiger partial charge in [0.1, 0.15) is 0 Å². The number of carboxylic acid groups (broad SMARTS) is 1. The van der Waals surface area contributed by atoms with Gasteiger partial charge in [-0.15, -0.1) is 0 Å². The Kier molecular flexibility index (Phi) is 3.88. The number of aliphatic hydroxyl groups excluding tert-OH is 1. The van der Waals surface area contributed by atoms with E-state index in [2.05, 4.69) is 0 Å². The number of aliphatic hydroxyl groups is 1. The van der Waals surface area contributed by atoms with Crippen molar-refractivity contribution in [3.05, 3.63) is 65.2 Å². The maximum absolute atomic E-state index is 12.5. The molecule has 0 aromatic heterocycles. The average molecular weight is 311 g/mol. The first-order valence-electron chi connectivity index (χ1n) is 7.48. The van der Waals surface area contributed by atoms with Crippen molar-refractivity contribution in [2.24, 2.45) is 0 Å². The van der Waals surface area contributed by atoms with Gasteiger partial charge in [0, 0.05) is 16.8 Å². The summed E-state index contributed by atoms with van der Waals surface area (Å²) in [5.41, 5.74) is 2.30. The van der Waals surface area contributed by atoms with Crippen LogP contribution < -0.4 is 4.90 Å². The number of carbonyl (C=O) groups is 2. The minimum atomic E-state index is -1.02. The van der Waals surface area contributed by atoms with Gasteiger partial charge < -0.3 is 10.2 Å². The number of hydrogen-bond acceptors (Lipinski definition) is 3. The van der Waals surface area contributed by atoms with Crippen LogP contribution in [0.25, 0.3) is 0 Å². The van der Waals surface area contributed by atoms with Crippen LogP contribution in [-0.4, -0.2) is 22.1 Å². The monoisotopic (exact) mass is 311 g/mol. The summed E-state index contributed by atoms with van der Waals surface area (Å²) in [6, 6.07) is 13.7. The van der Waals surface area contributed by atoms with Crippen molar-refractivity contribution in [3.8, 4) is 0 Å². The second-order valence-electron chi connectivity index (χ2n) is 5.53. The molecule has 3 rings (SSSR count). The average Bonchev–Trinajstić information content (AvgIpc) is 2.81. The van der Waals surface area contributed by atoms with Crippen LogP contribution in [0, 0.1) is 0 Å². The van der Waals surface area contributed by atoms with Gasteiger partial charge in [0.05, 0.1) is 5.92 Å². The number of nitrogens with zero attached hydrogens (tertiary/aromatic N) is 1. The Hall–Kier alpha value is -2.66. The minimum absolute atomic E-state index is 0.258. The summed E-state index contributed by atoms with van der Waals surface area (Å²) in [5.74, 6) is -1.70. The molecular weight excluding hydrogens is 294 g/mol. The molecule has 2 N–H and O–H groups in total. The van der Waals surface area contributed by atoms with Gasteiger partial charge in [-0.3, -0.25) is 14.5 Å². The fraction of sp³-hybridized carbons (Fsp3) is 0.222. The molecule has 2 aromatic carbocycles. The highest BCUT2D eigenvalue weighted by Gasteiger charge is 2.36. The Bertz CT molecular complexity index is 754. The van der Waals surface area contributed by atoms with Crippen molar-refractivity contribution < 1.29 is 19.8 Å². The highest BCUT2D eigenvalue weighted by atomic mass is 16.4. The maximum atomic E-state index is 12.5. The van der Waals surface area contributed by atoms with Gasteiger partial charge in [-0.05, 0) is 30.2 Å². The van der Waals surface area contributed by atoms with E-state index in [4.69, 9.17) is 0 Å². The molecule has 0 saturated heterocycles. The zero-order valence-corrected chi connectivity index (χ0v) is 12.6. The van der Waals surface area contributed by atoms with Gasteiger partial charge in [-0.1, -0.05) is 37.3 Å². The van der Waals surface area contributed by atoms with Gasteiger partial charge in [0.2, 0.25) is 0 Å². The lowest BCUT2D eigenvalue weighted by Gasteiger charge is -2.21. The molecule has 0 bridgehead atoms. The van der Waals surface area contributed by atoms with E-state index in [1.54, 1.807) is 48.5 Å². The van der Waals surface area contributed by atoms with Crippen LogP contribution in [-0.2, 0) is 4.79 Å². The molecule has 0 radical (unpaired) electrons. The fourth-order valence-electron chi connectivity index (χ4n) is 2.98. The van der Waals surface area contributed by atoms with E-state index >= 15 is 0 Å². The van der Waals surface area contributed by atoms with E-state index in [-0.39, 0.29) is 5.91 Å². The molecule has 118 valence electrons. The smallest absolute Gasteiger partial charge is 0.310 e. The number of aliphatic carboxylic acids is 1. The van der Waals surface area contributed by atoms with Crippen LogP contribution in [0.3, 0.4) is 0 Å². The third kappa shape index (κ3) is 2.49. The van der Waals surface area contributed by atoms with E-state index in [1.807, 2.05) is 6.92 Å². The molecule has 1 amide bonds. The zero-order chi connectivity index (χ0) is 16.6. The Morgan fingerprint density at radius 1 is 1.17 bits per heavy atom.